The summed E-state index contributed by atoms with van der Waals surface area (Å²) in [6.45, 7) is 7.31. The van der Waals surface area contributed by atoms with E-state index in [9.17, 15) is 0 Å². The van der Waals surface area contributed by atoms with E-state index in [0.717, 1.165) is 18.2 Å². The van der Waals surface area contributed by atoms with Gasteiger partial charge in [0, 0.05) is 17.8 Å². The van der Waals surface area contributed by atoms with Gasteiger partial charge in [-0.25, -0.2) is 0 Å². The third-order valence-electron chi connectivity index (χ3n) is 3.74. The van der Waals surface area contributed by atoms with Gasteiger partial charge in [-0.3, -0.25) is 4.68 Å². The molecule has 0 bridgehead atoms. The van der Waals surface area contributed by atoms with Crippen LogP contribution in [-0.4, -0.2) is 9.78 Å². The van der Waals surface area contributed by atoms with Gasteiger partial charge in [0.05, 0.1) is 11.1 Å². The molecule has 1 aromatic heterocycles. The van der Waals surface area contributed by atoms with Crippen LogP contribution < -0.4 is 0 Å². The van der Waals surface area contributed by atoms with Crippen LogP contribution in [0.25, 0.3) is 0 Å². The Morgan fingerprint density at radius 2 is 2.00 bits per heavy atom. The average molecular weight is 241 g/mol. The molecule has 0 aliphatic heterocycles. The molecule has 90 valence electrons. The molecule has 1 aliphatic carbocycles. The quantitative estimate of drug-likeness (QED) is 0.731. The van der Waals surface area contributed by atoms with Gasteiger partial charge < -0.3 is 0 Å². The van der Waals surface area contributed by atoms with Crippen molar-refractivity contribution in [3.05, 3.63) is 17.0 Å². The third kappa shape index (κ3) is 2.27. The molecule has 2 rings (SSSR count). The summed E-state index contributed by atoms with van der Waals surface area (Å²) in [5.74, 6) is 0.830. The number of rotatable bonds is 3. The molecule has 1 fully saturated rings. The van der Waals surface area contributed by atoms with Gasteiger partial charge in [0.15, 0.2) is 0 Å². The van der Waals surface area contributed by atoms with Gasteiger partial charge in [-0.05, 0) is 39.5 Å². The van der Waals surface area contributed by atoms with E-state index < -0.39 is 0 Å². The highest BCUT2D eigenvalue weighted by Crippen LogP contribution is 2.30. The number of hydrogen-bond donors (Lipinski definition) is 0. The topological polar surface area (TPSA) is 17.8 Å². The Labute approximate surface area is 103 Å². The van der Waals surface area contributed by atoms with E-state index in [2.05, 4.69) is 23.6 Å². The lowest BCUT2D eigenvalue weighted by molar-refractivity contribution is 0.421. The molecule has 0 saturated heterocycles. The van der Waals surface area contributed by atoms with E-state index in [1.165, 1.54) is 36.9 Å². The van der Waals surface area contributed by atoms with Crippen molar-refractivity contribution >= 4 is 11.6 Å². The van der Waals surface area contributed by atoms with Crippen LogP contribution in [0.4, 0.5) is 0 Å². The van der Waals surface area contributed by atoms with Crippen molar-refractivity contribution in [1.82, 2.24) is 9.78 Å². The number of alkyl halides is 1. The highest BCUT2D eigenvalue weighted by molar-refractivity contribution is 6.20. The Morgan fingerprint density at radius 3 is 2.50 bits per heavy atom. The summed E-state index contributed by atoms with van der Waals surface area (Å²) >= 11 is 6.19. The van der Waals surface area contributed by atoms with E-state index in [1.807, 2.05) is 6.92 Å². The summed E-state index contributed by atoms with van der Waals surface area (Å²) in [6, 6.07) is 0. The summed E-state index contributed by atoms with van der Waals surface area (Å²) in [4.78, 5) is 0. The van der Waals surface area contributed by atoms with Crippen molar-refractivity contribution in [1.29, 1.82) is 0 Å². The van der Waals surface area contributed by atoms with E-state index in [1.54, 1.807) is 0 Å². The highest BCUT2D eigenvalue weighted by Gasteiger charge is 2.20. The van der Waals surface area contributed by atoms with Gasteiger partial charge in [0.1, 0.15) is 0 Å². The van der Waals surface area contributed by atoms with Gasteiger partial charge in [-0.2, -0.15) is 5.10 Å². The smallest absolute Gasteiger partial charge is 0.0643 e. The van der Waals surface area contributed by atoms with E-state index in [-0.39, 0.29) is 5.38 Å². The first-order valence-corrected chi connectivity index (χ1v) is 6.71. The molecule has 16 heavy (non-hydrogen) atoms. The lowest BCUT2D eigenvalue weighted by Gasteiger charge is -2.11. The highest BCUT2D eigenvalue weighted by atomic mass is 35.5. The molecule has 0 spiro atoms. The minimum absolute atomic E-state index is 0.0670. The van der Waals surface area contributed by atoms with Crippen LogP contribution in [0, 0.1) is 19.8 Å². The van der Waals surface area contributed by atoms with Crippen molar-refractivity contribution in [2.24, 2.45) is 5.92 Å². The molecule has 0 aromatic carbocycles. The zero-order chi connectivity index (χ0) is 11.7. The van der Waals surface area contributed by atoms with E-state index >= 15 is 0 Å². The van der Waals surface area contributed by atoms with E-state index in [0.29, 0.717) is 0 Å². The molecule has 1 saturated carbocycles. The molecule has 1 aromatic rings. The van der Waals surface area contributed by atoms with Crippen LogP contribution in [0.15, 0.2) is 0 Å². The first-order chi connectivity index (χ1) is 7.59. The number of hydrogen-bond acceptors (Lipinski definition) is 1. The Hall–Kier alpha value is -0.500. The number of halogens is 1. The normalized spacial score (nSPS) is 19.2. The second-order valence-corrected chi connectivity index (χ2v) is 5.69. The Balaban J connectivity index is 2.18. The molecule has 0 radical (unpaired) electrons. The number of nitrogens with zero attached hydrogens (tertiary/aromatic N) is 2. The fourth-order valence-electron chi connectivity index (χ4n) is 2.90. The Morgan fingerprint density at radius 1 is 1.38 bits per heavy atom. The fraction of sp³-hybridized carbons (Fsp3) is 0.769. The molecule has 3 heteroatoms. The van der Waals surface area contributed by atoms with Crippen molar-refractivity contribution in [2.75, 3.05) is 0 Å². The predicted molar refractivity (Wildman–Crippen MR) is 67.9 cm³/mol. The first kappa shape index (κ1) is 12.0. The average Bonchev–Trinajstić information content (AvgIpc) is 2.76. The van der Waals surface area contributed by atoms with Crippen molar-refractivity contribution < 1.29 is 0 Å². The number of aryl methyl sites for hydroxylation is 1. The zero-order valence-electron chi connectivity index (χ0n) is 10.5. The van der Waals surface area contributed by atoms with Crippen LogP contribution in [0.5, 0.6) is 0 Å². The molecule has 0 amide bonds. The maximum atomic E-state index is 6.19. The summed E-state index contributed by atoms with van der Waals surface area (Å²) in [6.07, 6.45) is 5.51. The first-order valence-electron chi connectivity index (χ1n) is 6.27. The minimum Gasteiger partial charge on any atom is -0.269 e. The van der Waals surface area contributed by atoms with Crippen molar-refractivity contribution in [2.45, 2.75) is 58.4 Å². The third-order valence-corrected chi connectivity index (χ3v) is 3.96. The summed E-state index contributed by atoms with van der Waals surface area (Å²) < 4.78 is 2.17. The minimum atomic E-state index is 0.0670. The summed E-state index contributed by atoms with van der Waals surface area (Å²) in [7, 11) is 0. The Bertz CT molecular complexity index is 362. The zero-order valence-corrected chi connectivity index (χ0v) is 11.2. The largest absolute Gasteiger partial charge is 0.269 e. The second kappa shape index (κ2) is 4.79. The molecular formula is C13H21ClN2. The van der Waals surface area contributed by atoms with Crippen LogP contribution in [-0.2, 0) is 6.54 Å². The number of aromatic nitrogens is 2. The summed E-state index contributed by atoms with van der Waals surface area (Å²) in [5, 5.41) is 4.69. The Kier molecular flexibility index (Phi) is 3.58. The standard InChI is InChI=1S/C13H21ClN2/c1-9(14)13-10(2)15-16(11(13)3)8-12-6-4-5-7-12/h9,12H,4-8H2,1-3H3. The molecule has 1 unspecified atom stereocenters. The maximum Gasteiger partial charge on any atom is 0.0643 e. The second-order valence-electron chi connectivity index (χ2n) is 5.03. The molecule has 1 heterocycles. The van der Waals surface area contributed by atoms with Crippen molar-refractivity contribution in [3.8, 4) is 0 Å². The van der Waals surface area contributed by atoms with Gasteiger partial charge in [0.25, 0.3) is 0 Å². The van der Waals surface area contributed by atoms with Gasteiger partial charge in [-0.1, -0.05) is 12.8 Å². The van der Waals surface area contributed by atoms with Crippen LogP contribution in [0.1, 0.15) is 54.9 Å². The lowest BCUT2D eigenvalue weighted by Crippen LogP contribution is -2.10. The molecule has 1 atom stereocenters. The molecule has 2 nitrogen and oxygen atoms in total. The molecule has 1 aliphatic rings. The monoisotopic (exact) mass is 240 g/mol. The maximum absolute atomic E-state index is 6.19. The lowest BCUT2D eigenvalue weighted by atomic mass is 10.1. The van der Waals surface area contributed by atoms with Gasteiger partial charge >= 0.3 is 0 Å². The van der Waals surface area contributed by atoms with Gasteiger partial charge in [0.2, 0.25) is 0 Å². The fourth-order valence-corrected chi connectivity index (χ4v) is 3.22. The van der Waals surface area contributed by atoms with E-state index in [4.69, 9.17) is 11.6 Å². The molecular weight excluding hydrogens is 220 g/mol. The van der Waals surface area contributed by atoms with Crippen molar-refractivity contribution in [3.63, 3.8) is 0 Å². The van der Waals surface area contributed by atoms with Crippen LogP contribution in [0.3, 0.4) is 0 Å². The van der Waals surface area contributed by atoms with Gasteiger partial charge in [-0.15, -0.1) is 11.6 Å². The van der Waals surface area contributed by atoms with Crippen LogP contribution in [0.2, 0.25) is 0 Å². The molecule has 0 N–H and O–H groups in total. The van der Waals surface area contributed by atoms with Crippen LogP contribution >= 0.6 is 11.6 Å². The predicted octanol–water partition coefficient (Wildman–Crippen LogP) is 3.99. The summed E-state index contributed by atoms with van der Waals surface area (Å²) in [5.41, 5.74) is 3.57. The SMILES string of the molecule is Cc1nn(CC2CCCC2)c(C)c1C(C)Cl.